The lowest BCUT2D eigenvalue weighted by atomic mass is 10.1. The molecule has 0 rings (SSSR count). The van der Waals surface area contributed by atoms with Gasteiger partial charge in [0.05, 0.1) is 0 Å². The summed E-state index contributed by atoms with van der Waals surface area (Å²) in [5.74, 6) is 0.588. The quantitative estimate of drug-likeness (QED) is 0.381. The minimum atomic E-state index is 0.0276. The molecule has 0 aliphatic heterocycles. The van der Waals surface area contributed by atoms with Gasteiger partial charge < -0.3 is 5.32 Å². The molecule has 16 heavy (non-hydrogen) atoms. The number of rotatable bonds is 8. The van der Waals surface area contributed by atoms with Gasteiger partial charge in [0, 0.05) is 6.54 Å². The number of allylic oxidation sites excluding steroid dienone is 3. The van der Waals surface area contributed by atoms with Gasteiger partial charge in [-0.3, -0.25) is 4.79 Å². The zero-order chi connectivity index (χ0) is 12.2. The molecule has 92 valence electrons. The summed E-state index contributed by atoms with van der Waals surface area (Å²) >= 11 is 0. The Hall–Kier alpha value is -1.05. The average Bonchev–Trinajstić information content (AvgIpc) is 2.30. The van der Waals surface area contributed by atoms with Crippen molar-refractivity contribution in [1.29, 1.82) is 0 Å². The van der Waals surface area contributed by atoms with E-state index in [4.69, 9.17) is 0 Å². The first-order valence-electron chi connectivity index (χ1n) is 6.30. The lowest BCUT2D eigenvalue weighted by molar-refractivity contribution is -0.116. The third-order valence-electron chi connectivity index (χ3n) is 2.49. The SMILES string of the molecule is CCC=CCCC=CC(=O)NCC(C)CC. The van der Waals surface area contributed by atoms with Crippen molar-refractivity contribution in [3.8, 4) is 0 Å². The number of carbonyl (C=O) groups is 1. The lowest BCUT2D eigenvalue weighted by Crippen LogP contribution is -2.26. The van der Waals surface area contributed by atoms with E-state index in [1.54, 1.807) is 6.08 Å². The van der Waals surface area contributed by atoms with E-state index in [1.807, 2.05) is 6.08 Å². The van der Waals surface area contributed by atoms with Crippen LogP contribution in [0.2, 0.25) is 0 Å². The normalized spacial score (nSPS) is 13.4. The molecule has 0 aliphatic rings. The topological polar surface area (TPSA) is 29.1 Å². The molecular weight excluding hydrogens is 198 g/mol. The molecule has 0 aromatic rings. The number of hydrogen-bond acceptors (Lipinski definition) is 1. The Morgan fingerprint density at radius 2 is 1.88 bits per heavy atom. The summed E-state index contributed by atoms with van der Waals surface area (Å²) in [5, 5.41) is 2.89. The minimum Gasteiger partial charge on any atom is -0.352 e. The lowest BCUT2D eigenvalue weighted by Gasteiger charge is -2.07. The van der Waals surface area contributed by atoms with Crippen LogP contribution in [0.25, 0.3) is 0 Å². The fourth-order valence-corrected chi connectivity index (χ4v) is 1.15. The van der Waals surface area contributed by atoms with Crippen LogP contribution in [0.4, 0.5) is 0 Å². The van der Waals surface area contributed by atoms with Crippen LogP contribution in [-0.4, -0.2) is 12.5 Å². The second-order valence-corrected chi connectivity index (χ2v) is 4.12. The van der Waals surface area contributed by atoms with Crippen molar-refractivity contribution < 1.29 is 4.79 Å². The standard InChI is InChI=1S/C14H25NO/c1-4-6-7-8-9-10-11-14(16)15-12-13(3)5-2/h6-7,10-11,13H,4-5,8-9,12H2,1-3H3,(H,15,16). The number of carbonyl (C=O) groups excluding carboxylic acids is 1. The van der Waals surface area contributed by atoms with Gasteiger partial charge >= 0.3 is 0 Å². The van der Waals surface area contributed by atoms with Crippen LogP contribution in [0.5, 0.6) is 0 Å². The number of hydrogen-bond donors (Lipinski definition) is 1. The van der Waals surface area contributed by atoms with E-state index in [0.717, 1.165) is 32.2 Å². The van der Waals surface area contributed by atoms with Crippen LogP contribution in [0.15, 0.2) is 24.3 Å². The summed E-state index contributed by atoms with van der Waals surface area (Å²) in [7, 11) is 0. The van der Waals surface area contributed by atoms with Crippen molar-refractivity contribution in [2.75, 3.05) is 6.54 Å². The van der Waals surface area contributed by atoms with E-state index in [9.17, 15) is 4.79 Å². The Kier molecular flexibility index (Phi) is 9.78. The van der Waals surface area contributed by atoms with Crippen LogP contribution in [0, 0.1) is 5.92 Å². The maximum absolute atomic E-state index is 11.3. The van der Waals surface area contributed by atoms with Crippen LogP contribution in [-0.2, 0) is 4.79 Å². The summed E-state index contributed by atoms with van der Waals surface area (Å²) in [6.45, 7) is 7.16. The minimum absolute atomic E-state index is 0.0276. The Morgan fingerprint density at radius 1 is 1.19 bits per heavy atom. The van der Waals surface area contributed by atoms with Gasteiger partial charge in [0.2, 0.25) is 5.91 Å². The molecule has 0 spiro atoms. The van der Waals surface area contributed by atoms with Gasteiger partial charge in [0.25, 0.3) is 0 Å². The van der Waals surface area contributed by atoms with Crippen LogP contribution < -0.4 is 5.32 Å². The largest absolute Gasteiger partial charge is 0.352 e. The molecule has 0 aromatic carbocycles. The number of amides is 1. The Balaban J connectivity index is 3.55. The van der Waals surface area contributed by atoms with Gasteiger partial charge in [-0.2, -0.15) is 0 Å². The monoisotopic (exact) mass is 223 g/mol. The van der Waals surface area contributed by atoms with E-state index >= 15 is 0 Å². The van der Waals surface area contributed by atoms with E-state index in [-0.39, 0.29) is 5.91 Å². The number of nitrogens with one attached hydrogen (secondary N) is 1. The van der Waals surface area contributed by atoms with Crippen molar-refractivity contribution >= 4 is 5.91 Å². The maximum atomic E-state index is 11.3. The van der Waals surface area contributed by atoms with Crippen LogP contribution in [0.1, 0.15) is 46.5 Å². The first-order chi connectivity index (χ1) is 7.70. The van der Waals surface area contributed by atoms with Gasteiger partial charge in [-0.05, 0) is 31.3 Å². The molecule has 1 N–H and O–H groups in total. The van der Waals surface area contributed by atoms with Crippen molar-refractivity contribution in [2.45, 2.75) is 46.5 Å². The molecule has 0 bridgehead atoms. The predicted molar refractivity (Wildman–Crippen MR) is 70.3 cm³/mol. The molecule has 0 saturated heterocycles. The molecule has 0 saturated carbocycles. The zero-order valence-electron chi connectivity index (χ0n) is 10.8. The fraction of sp³-hybridized carbons (Fsp3) is 0.643. The summed E-state index contributed by atoms with van der Waals surface area (Å²) in [5.41, 5.74) is 0. The van der Waals surface area contributed by atoms with Crippen molar-refractivity contribution in [3.05, 3.63) is 24.3 Å². The second-order valence-electron chi connectivity index (χ2n) is 4.12. The van der Waals surface area contributed by atoms with Gasteiger partial charge in [-0.15, -0.1) is 0 Å². The summed E-state index contributed by atoms with van der Waals surface area (Å²) in [6.07, 6.45) is 12.0. The van der Waals surface area contributed by atoms with Crippen LogP contribution >= 0.6 is 0 Å². The third kappa shape index (κ3) is 9.50. The molecule has 1 unspecified atom stereocenters. The molecule has 0 aliphatic carbocycles. The first-order valence-corrected chi connectivity index (χ1v) is 6.30. The molecule has 0 fully saturated rings. The highest BCUT2D eigenvalue weighted by molar-refractivity contribution is 5.87. The van der Waals surface area contributed by atoms with E-state index in [0.29, 0.717) is 5.92 Å². The molecule has 0 heterocycles. The van der Waals surface area contributed by atoms with Gasteiger partial charge in [-0.25, -0.2) is 0 Å². The Labute approximate surface area is 99.8 Å². The molecular formula is C14H25NO. The van der Waals surface area contributed by atoms with Crippen molar-refractivity contribution in [2.24, 2.45) is 5.92 Å². The van der Waals surface area contributed by atoms with E-state index < -0.39 is 0 Å². The third-order valence-corrected chi connectivity index (χ3v) is 2.49. The highest BCUT2D eigenvalue weighted by atomic mass is 16.1. The van der Waals surface area contributed by atoms with E-state index in [1.165, 1.54) is 0 Å². The first kappa shape index (κ1) is 14.9. The maximum Gasteiger partial charge on any atom is 0.243 e. The molecule has 0 aromatic heterocycles. The van der Waals surface area contributed by atoms with Gasteiger partial charge in [0.1, 0.15) is 0 Å². The smallest absolute Gasteiger partial charge is 0.243 e. The highest BCUT2D eigenvalue weighted by Crippen LogP contribution is 1.97. The molecule has 0 radical (unpaired) electrons. The summed E-state index contributed by atoms with van der Waals surface area (Å²) < 4.78 is 0. The average molecular weight is 223 g/mol. The van der Waals surface area contributed by atoms with Crippen molar-refractivity contribution in [3.63, 3.8) is 0 Å². The van der Waals surface area contributed by atoms with Gasteiger partial charge in [0.15, 0.2) is 0 Å². The van der Waals surface area contributed by atoms with Crippen LogP contribution in [0.3, 0.4) is 0 Å². The number of unbranched alkanes of at least 4 members (excludes halogenated alkanes) is 1. The Bertz CT molecular complexity index is 231. The molecule has 1 atom stereocenters. The molecule has 1 amide bonds. The zero-order valence-corrected chi connectivity index (χ0v) is 10.8. The highest BCUT2D eigenvalue weighted by Gasteiger charge is 1.99. The summed E-state index contributed by atoms with van der Waals surface area (Å²) in [4.78, 5) is 11.3. The van der Waals surface area contributed by atoms with Gasteiger partial charge in [-0.1, -0.05) is 45.4 Å². The predicted octanol–water partition coefficient (Wildman–Crippen LogP) is 3.45. The van der Waals surface area contributed by atoms with E-state index in [2.05, 4.69) is 38.2 Å². The molecule has 2 heteroatoms. The Morgan fingerprint density at radius 3 is 2.50 bits per heavy atom. The van der Waals surface area contributed by atoms with Crippen molar-refractivity contribution in [1.82, 2.24) is 5.32 Å². The second kappa shape index (κ2) is 10.5. The molecule has 2 nitrogen and oxygen atoms in total. The summed E-state index contributed by atoms with van der Waals surface area (Å²) in [6, 6.07) is 0. The fourth-order valence-electron chi connectivity index (χ4n) is 1.15.